The van der Waals surface area contributed by atoms with Gasteiger partial charge < -0.3 is 4.98 Å². The summed E-state index contributed by atoms with van der Waals surface area (Å²) in [6, 6.07) is 4.56. The second kappa shape index (κ2) is 4.18. The Hall–Kier alpha value is -1.48. The van der Waals surface area contributed by atoms with E-state index in [0.717, 1.165) is 0 Å². The first-order valence-electron chi connectivity index (χ1n) is 4.43. The number of benzene rings is 1. The van der Waals surface area contributed by atoms with Crippen molar-refractivity contribution < 1.29 is 8.78 Å². The van der Waals surface area contributed by atoms with Crippen molar-refractivity contribution in [2.24, 2.45) is 0 Å². The molecule has 0 unspecified atom stereocenters. The summed E-state index contributed by atoms with van der Waals surface area (Å²) in [5.74, 6) is 0.527. The highest BCUT2D eigenvalue weighted by Gasteiger charge is 2.17. The van der Waals surface area contributed by atoms with Crippen LogP contribution < -0.4 is 0 Å². The van der Waals surface area contributed by atoms with Crippen LogP contribution in [0.25, 0.3) is 11.0 Å². The first-order chi connectivity index (χ1) is 7.67. The monoisotopic (exact) mass is 285 g/mol. The summed E-state index contributed by atoms with van der Waals surface area (Å²) in [5, 5.41) is 9.28. The van der Waals surface area contributed by atoms with E-state index in [1.807, 2.05) is 6.07 Å². The average molecular weight is 286 g/mol. The van der Waals surface area contributed by atoms with E-state index < -0.39 is 6.43 Å². The summed E-state index contributed by atoms with van der Waals surface area (Å²) in [7, 11) is 0. The van der Waals surface area contributed by atoms with Crippen molar-refractivity contribution in [3.63, 3.8) is 0 Å². The van der Waals surface area contributed by atoms with Crippen molar-refractivity contribution in [1.82, 2.24) is 9.97 Å². The summed E-state index contributed by atoms with van der Waals surface area (Å²) in [6.45, 7) is 0. The van der Waals surface area contributed by atoms with Gasteiger partial charge in [-0.15, -0.1) is 0 Å². The molecule has 6 heteroatoms. The molecule has 0 aliphatic carbocycles. The number of rotatable bonds is 2. The van der Waals surface area contributed by atoms with E-state index in [4.69, 9.17) is 5.26 Å². The second-order valence-corrected chi connectivity index (χ2v) is 3.72. The first-order valence-corrected chi connectivity index (χ1v) is 5.55. The number of nitrogens with zero attached hydrogens (tertiary/aromatic N) is 2. The van der Waals surface area contributed by atoms with Gasteiger partial charge in [0.15, 0.2) is 0 Å². The molecule has 1 aromatic heterocycles. The van der Waals surface area contributed by atoms with Crippen molar-refractivity contribution in [1.29, 1.82) is 5.26 Å². The molecular formula is C10H6BrF2N3. The molecule has 0 saturated heterocycles. The van der Waals surface area contributed by atoms with Crippen LogP contribution in [0.2, 0.25) is 0 Å². The van der Waals surface area contributed by atoms with Gasteiger partial charge in [0.05, 0.1) is 21.9 Å². The molecule has 16 heavy (non-hydrogen) atoms. The maximum atomic E-state index is 12.7. The van der Waals surface area contributed by atoms with Gasteiger partial charge in [-0.1, -0.05) is 15.9 Å². The topological polar surface area (TPSA) is 52.5 Å². The third kappa shape index (κ3) is 1.67. The highest BCUT2D eigenvalue weighted by atomic mass is 79.9. The van der Waals surface area contributed by atoms with Crippen LogP contribution in [-0.2, 0) is 5.33 Å². The van der Waals surface area contributed by atoms with Crippen LogP contribution in [0.15, 0.2) is 12.1 Å². The Labute approximate surface area is 98.2 Å². The third-order valence-electron chi connectivity index (χ3n) is 2.21. The van der Waals surface area contributed by atoms with Crippen LogP contribution in [0.1, 0.15) is 23.4 Å². The van der Waals surface area contributed by atoms with E-state index >= 15 is 0 Å². The van der Waals surface area contributed by atoms with Gasteiger partial charge in [-0.3, -0.25) is 0 Å². The number of nitrogens with one attached hydrogen (secondary N) is 1. The van der Waals surface area contributed by atoms with E-state index in [9.17, 15) is 8.78 Å². The Morgan fingerprint density at radius 3 is 2.81 bits per heavy atom. The lowest BCUT2D eigenvalue weighted by molar-refractivity contribution is 0.153. The molecule has 0 bridgehead atoms. The molecule has 3 nitrogen and oxygen atoms in total. The second-order valence-electron chi connectivity index (χ2n) is 3.16. The maximum Gasteiger partial charge on any atom is 0.266 e. The lowest BCUT2D eigenvalue weighted by atomic mass is 10.1. The van der Waals surface area contributed by atoms with Gasteiger partial charge in [-0.25, -0.2) is 13.8 Å². The number of fused-ring (bicyclic) bond motifs is 1. The minimum Gasteiger partial charge on any atom is -0.340 e. The van der Waals surface area contributed by atoms with Crippen LogP contribution in [0, 0.1) is 11.3 Å². The molecule has 0 radical (unpaired) electrons. The Kier molecular flexibility index (Phi) is 2.88. The van der Waals surface area contributed by atoms with Crippen LogP contribution in [0.3, 0.4) is 0 Å². The molecule has 2 aromatic rings. The molecule has 0 saturated carbocycles. The number of imidazole rings is 1. The standard InChI is InChI=1S/C10H6BrF2N3/c11-3-7-15-8-5(4-14)1-2-6(10(12)13)9(8)16-7/h1-2,10H,3H2,(H,15,16). The van der Waals surface area contributed by atoms with Gasteiger partial charge in [0.25, 0.3) is 6.43 Å². The van der Waals surface area contributed by atoms with E-state index in [2.05, 4.69) is 25.9 Å². The third-order valence-corrected chi connectivity index (χ3v) is 2.74. The SMILES string of the molecule is N#Cc1ccc(C(F)F)c2nc(CBr)[nH]c12. The van der Waals surface area contributed by atoms with E-state index in [1.165, 1.54) is 12.1 Å². The maximum absolute atomic E-state index is 12.7. The minimum atomic E-state index is -2.60. The van der Waals surface area contributed by atoms with Crippen LogP contribution >= 0.6 is 15.9 Å². The van der Waals surface area contributed by atoms with Gasteiger partial charge in [-0.05, 0) is 12.1 Å². The number of H-pyrrole nitrogens is 1. The smallest absolute Gasteiger partial charge is 0.266 e. The summed E-state index contributed by atoms with van der Waals surface area (Å²) in [5.41, 5.74) is 0.704. The fraction of sp³-hybridized carbons (Fsp3) is 0.200. The molecule has 2 rings (SSSR count). The highest BCUT2D eigenvalue weighted by Crippen LogP contribution is 2.28. The van der Waals surface area contributed by atoms with Gasteiger partial charge >= 0.3 is 0 Å². The molecule has 0 aliphatic rings. The Bertz CT molecular complexity index is 571. The normalized spacial score (nSPS) is 10.9. The number of alkyl halides is 3. The number of nitriles is 1. The molecule has 1 N–H and O–H groups in total. The molecule has 0 fully saturated rings. The molecule has 1 aromatic carbocycles. The fourth-order valence-electron chi connectivity index (χ4n) is 1.49. The molecular weight excluding hydrogens is 280 g/mol. The van der Waals surface area contributed by atoms with Gasteiger partial charge in [-0.2, -0.15) is 5.26 Å². The lowest BCUT2D eigenvalue weighted by Crippen LogP contribution is -1.88. The highest BCUT2D eigenvalue weighted by molar-refractivity contribution is 9.08. The van der Waals surface area contributed by atoms with Crippen molar-refractivity contribution in [2.75, 3.05) is 0 Å². The van der Waals surface area contributed by atoms with E-state index in [1.54, 1.807) is 0 Å². The number of halogens is 3. The Morgan fingerprint density at radius 1 is 1.50 bits per heavy atom. The average Bonchev–Trinajstić information content (AvgIpc) is 2.70. The van der Waals surface area contributed by atoms with Crippen molar-refractivity contribution in [3.8, 4) is 6.07 Å². The van der Waals surface area contributed by atoms with Crippen molar-refractivity contribution >= 4 is 27.0 Å². The van der Waals surface area contributed by atoms with Crippen molar-refractivity contribution in [2.45, 2.75) is 11.8 Å². The van der Waals surface area contributed by atoms with Crippen LogP contribution in [0.5, 0.6) is 0 Å². The van der Waals surface area contributed by atoms with Crippen molar-refractivity contribution in [3.05, 3.63) is 29.1 Å². The first kappa shape index (κ1) is 11.0. The predicted octanol–water partition coefficient (Wildman–Crippen LogP) is 3.27. The molecule has 0 atom stereocenters. The zero-order valence-electron chi connectivity index (χ0n) is 7.97. The molecule has 0 amide bonds. The van der Waals surface area contributed by atoms with E-state index in [-0.39, 0.29) is 11.1 Å². The summed E-state index contributed by atoms with van der Waals surface area (Å²) >= 11 is 3.18. The number of hydrogen-bond donors (Lipinski definition) is 1. The summed E-state index contributed by atoms with van der Waals surface area (Å²) in [6.07, 6.45) is -2.60. The predicted molar refractivity (Wildman–Crippen MR) is 58.4 cm³/mol. The van der Waals surface area contributed by atoms with Crippen LogP contribution in [0.4, 0.5) is 8.78 Å². The molecule has 0 aliphatic heterocycles. The quantitative estimate of drug-likeness (QED) is 0.861. The molecule has 82 valence electrons. The lowest BCUT2D eigenvalue weighted by Gasteiger charge is -2.00. The summed E-state index contributed by atoms with van der Waals surface area (Å²) in [4.78, 5) is 6.87. The largest absolute Gasteiger partial charge is 0.340 e. The zero-order valence-corrected chi connectivity index (χ0v) is 9.55. The zero-order chi connectivity index (χ0) is 11.7. The van der Waals surface area contributed by atoms with E-state index in [0.29, 0.717) is 22.2 Å². The van der Waals surface area contributed by atoms with Gasteiger partial charge in [0.1, 0.15) is 11.9 Å². The minimum absolute atomic E-state index is 0.155. The number of hydrogen-bond acceptors (Lipinski definition) is 2. The van der Waals surface area contributed by atoms with Gasteiger partial charge in [0.2, 0.25) is 0 Å². The Balaban J connectivity index is 2.79. The van der Waals surface area contributed by atoms with Crippen LogP contribution in [-0.4, -0.2) is 9.97 Å². The number of aromatic nitrogens is 2. The fourth-order valence-corrected chi connectivity index (χ4v) is 1.76. The summed E-state index contributed by atoms with van der Waals surface area (Å²) < 4.78 is 25.4. The number of aromatic amines is 1. The van der Waals surface area contributed by atoms with Gasteiger partial charge in [0, 0.05) is 5.56 Å². The molecule has 0 spiro atoms. The Morgan fingerprint density at radius 2 is 2.25 bits per heavy atom. The molecule has 1 heterocycles.